The van der Waals surface area contributed by atoms with E-state index in [9.17, 15) is 4.79 Å². The Kier molecular flexibility index (Phi) is 5.38. The third kappa shape index (κ3) is 4.09. The number of fused-ring (bicyclic) bond motifs is 1. The molecule has 1 aromatic carbocycles. The molecule has 1 atom stereocenters. The number of hydrogen-bond acceptors (Lipinski definition) is 4. The molecule has 3 aliphatic heterocycles. The lowest BCUT2D eigenvalue weighted by Gasteiger charge is -2.31. The second kappa shape index (κ2) is 8.28. The van der Waals surface area contributed by atoms with Crippen molar-refractivity contribution in [3.8, 4) is 0 Å². The van der Waals surface area contributed by atoms with Crippen LogP contribution in [0.1, 0.15) is 48.6 Å². The van der Waals surface area contributed by atoms with Crippen LogP contribution in [0.5, 0.6) is 0 Å². The van der Waals surface area contributed by atoms with Gasteiger partial charge in [0.05, 0.1) is 30.5 Å². The highest BCUT2D eigenvalue weighted by atomic mass is 16.2. The zero-order valence-corrected chi connectivity index (χ0v) is 17.1. The van der Waals surface area contributed by atoms with E-state index in [4.69, 9.17) is 5.10 Å². The summed E-state index contributed by atoms with van der Waals surface area (Å²) in [6.45, 7) is 6.41. The summed E-state index contributed by atoms with van der Waals surface area (Å²) in [6.07, 6.45) is 4.51. The molecule has 6 heteroatoms. The van der Waals surface area contributed by atoms with E-state index in [2.05, 4.69) is 51.3 Å². The van der Waals surface area contributed by atoms with Crippen LogP contribution in [0, 0.1) is 0 Å². The van der Waals surface area contributed by atoms with E-state index >= 15 is 0 Å². The average molecular weight is 394 g/mol. The molecular weight excluding hydrogens is 362 g/mol. The van der Waals surface area contributed by atoms with Crippen molar-refractivity contribution in [2.24, 2.45) is 0 Å². The molecule has 0 bridgehead atoms. The van der Waals surface area contributed by atoms with Crippen molar-refractivity contribution in [2.45, 2.75) is 57.3 Å². The molecule has 1 amide bonds. The number of nitrogens with zero attached hydrogens (tertiary/aromatic N) is 4. The summed E-state index contributed by atoms with van der Waals surface area (Å²) in [5.74, 6) is 0.950. The van der Waals surface area contributed by atoms with Gasteiger partial charge in [0.25, 0.3) is 0 Å². The number of piperidine rings is 1. The maximum Gasteiger partial charge on any atom is 0.240 e. The molecule has 154 valence electrons. The lowest BCUT2D eigenvalue weighted by molar-refractivity contribution is -0.134. The van der Waals surface area contributed by atoms with Crippen molar-refractivity contribution in [3.63, 3.8) is 0 Å². The third-order valence-electron chi connectivity index (χ3n) is 6.76. The Morgan fingerprint density at radius 2 is 1.90 bits per heavy atom. The first-order valence-corrected chi connectivity index (χ1v) is 11.1. The second-order valence-corrected chi connectivity index (χ2v) is 8.72. The van der Waals surface area contributed by atoms with Gasteiger partial charge in [-0.05, 0) is 62.9 Å². The van der Waals surface area contributed by atoms with Gasteiger partial charge >= 0.3 is 0 Å². The fraction of sp³-hybridized carbons (Fsp3) is 0.565. The maximum absolute atomic E-state index is 12.7. The highest BCUT2D eigenvalue weighted by Gasteiger charge is 2.30. The van der Waals surface area contributed by atoms with Crippen LogP contribution in [-0.4, -0.2) is 57.7 Å². The predicted molar refractivity (Wildman–Crippen MR) is 112 cm³/mol. The Morgan fingerprint density at radius 1 is 1.07 bits per heavy atom. The SMILES string of the molecule is O=C([C@@H]1CCCN1)N1CCn2nc(CN3CCC(c4ccccc4)CC3)cc2C1. The first-order valence-electron chi connectivity index (χ1n) is 11.1. The van der Waals surface area contributed by atoms with Crippen molar-refractivity contribution in [3.05, 3.63) is 53.3 Å². The van der Waals surface area contributed by atoms with Gasteiger partial charge in [0.1, 0.15) is 0 Å². The standard InChI is InChI=1S/C23H31N5O/c29-23(22-7-4-10-24-22)27-13-14-28-21(17-27)15-20(25-28)16-26-11-8-19(9-12-26)18-5-2-1-3-6-18/h1-3,5-6,15,19,22,24H,4,7-14,16-17H2/t22-/m0/s1. The number of amides is 1. The summed E-state index contributed by atoms with van der Waals surface area (Å²) in [4.78, 5) is 17.2. The molecule has 0 spiro atoms. The maximum atomic E-state index is 12.7. The number of nitrogens with one attached hydrogen (secondary N) is 1. The number of rotatable bonds is 4. The molecule has 0 aliphatic carbocycles. The lowest BCUT2D eigenvalue weighted by Crippen LogP contribution is -2.46. The van der Waals surface area contributed by atoms with E-state index < -0.39 is 0 Å². The van der Waals surface area contributed by atoms with E-state index in [1.165, 1.54) is 24.1 Å². The van der Waals surface area contributed by atoms with Crippen LogP contribution < -0.4 is 5.32 Å². The molecule has 6 nitrogen and oxygen atoms in total. The highest BCUT2D eigenvalue weighted by molar-refractivity contribution is 5.82. The Labute approximate surface area is 172 Å². The Bertz CT molecular complexity index is 834. The van der Waals surface area contributed by atoms with E-state index in [0.29, 0.717) is 12.5 Å². The molecule has 0 saturated carbocycles. The summed E-state index contributed by atoms with van der Waals surface area (Å²) in [5.41, 5.74) is 3.80. The lowest BCUT2D eigenvalue weighted by atomic mass is 9.89. The molecule has 3 aliphatic rings. The number of likely N-dealkylation sites (tertiary alicyclic amines) is 1. The summed E-state index contributed by atoms with van der Waals surface area (Å²) >= 11 is 0. The normalized spacial score (nSPS) is 23.3. The molecule has 2 saturated heterocycles. The highest BCUT2D eigenvalue weighted by Crippen LogP contribution is 2.28. The van der Waals surface area contributed by atoms with Crippen LogP contribution in [-0.2, 0) is 24.4 Å². The van der Waals surface area contributed by atoms with Crippen LogP contribution in [0.4, 0.5) is 0 Å². The van der Waals surface area contributed by atoms with E-state index in [0.717, 1.165) is 57.8 Å². The fourth-order valence-electron chi connectivity index (χ4n) is 5.09. The van der Waals surface area contributed by atoms with Crippen LogP contribution in [0.3, 0.4) is 0 Å². The Morgan fingerprint density at radius 3 is 2.66 bits per heavy atom. The Hall–Kier alpha value is -2.18. The zero-order chi connectivity index (χ0) is 19.6. The van der Waals surface area contributed by atoms with Crippen molar-refractivity contribution >= 4 is 5.91 Å². The van der Waals surface area contributed by atoms with Gasteiger partial charge in [-0.15, -0.1) is 0 Å². The van der Waals surface area contributed by atoms with Crippen molar-refractivity contribution in [1.29, 1.82) is 0 Å². The number of aromatic nitrogens is 2. The van der Waals surface area contributed by atoms with Gasteiger partial charge < -0.3 is 10.2 Å². The molecule has 4 heterocycles. The molecule has 2 aromatic rings. The van der Waals surface area contributed by atoms with Crippen molar-refractivity contribution in [2.75, 3.05) is 26.2 Å². The van der Waals surface area contributed by atoms with Crippen LogP contribution in [0.15, 0.2) is 36.4 Å². The zero-order valence-electron chi connectivity index (χ0n) is 17.1. The molecule has 1 aromatic heterocycles. The summed E-state index contributed by atoms with van der Waals surface area (Å²) in [6, 6.07) is 13.1. The third-order valence-corrected chi connectivity index (χ3v) is 6.76. The van der Waals surface area contributed by atoms with Crippen LogP contribution in [0.25, 0.3) is 0 Å². The number of hydrogen-bond donors (Lipinski definition) is 1. The van der Waals surface area contributed by atoms with Crippen LogP contribution >= 0.6 is 0 Å². The molecule has 0 unspecified atom stereocenters. The Balaban J connectivity index is 1.16. The summed E-state index contributed by atoms with van der Waals surface area (Å²) in [7, 11) is 0. The van der Waals surface area contributed by atoms with Gasteiger partial charge in [0, 0.05) is 13.1 Å². The van der Waals surface area contributed by atoms with Crippen LogP contribution in [0.2, 0.25) is 0 Å². The van der Waals surface area contributed by atoms with Gasteiger partial charge in [0.15, 0.2) is 0 Å². The first kappa shape index (κ1) is 18.8. The van der Waals surface area contributed by atoms with E-state index in [1.807, 2.05) is 4.90 Å². The summed E-state index contributed by atoms with van der Waals surface area (Å²) < 4.78 is 2.11. The molecule has 2 fully saturated rings. The topological polar surface area (TPSA) is 53.4 Å². The number of carbonyl (C=O) groups is 1. The largest absolute Gasteiger partial charge is 0.334 e. The average Bonchev–Trinajstić information content (AvgIpc) is 3.43. The molecule has 5 rings (SSSR count). The summed E-state index contributed by atoms with van der Waals surface area (Å²) in [5, 5.41) is 8.17. The monoisotopic (exact) mass is 393 g/mol. The van der Waals surface area contributed by atoms with Crippen molar-refractivity contribution in [1.82, 2.24) is 24.9 Å². The minimum absolute atomic E-state index is 0.0230. The minimum Gasteiger partial charge on any atom is -0.334 e. The first-order chi connectivity index (χ1) is 14.3. The number of carbonyl (C=O) groups excluding carboxylic acids is 1. The predicted octanol–water partition coefficient (Wildman–Crippen LogP) is 2.36. The molecule has 0 radical (unpaired) electrons. The van der Waals surface area contributed by atoms with E-state index in [1.54, 1.807) is 0 Å². The van der Waals surface area contributed by atoms with Gasteiger partial charge in [-0.3, -0.25) is 14.4 Å². The van der Waals surface area contributed by atoms with Crippen molar-refractivity contribution < 1.29 is 4.79 Å². The second-order valence-electron chi connectivity index (χ2n) is 8.72. The molecule has 1 N–H and O–H groups in total. The minimum atomic E-state index is 0.0230. The fourth-order valence-corrected chi connectivity index (χ4v) is 5.09. The van der Waals surface area contributed by atoms with Gasteiger partial charge in [0.2, 0.25) is 5.91 Å². The number of benzene rings is 1. The molecule has 29 heavy (non-hydrogen) atoms. The van der Waals surface area contributed by atoms with Gasteiger partial charge in [-0.25, -0.2) is 0 Å². The smallest absolute Gasteiger partial charge is 0.240 e. The quantitative estimate of drug-likeness (QED) is 0.867. The molecular formula is C23H31N5O. The van der Waals surface area contributed by atoms with E-state index in [-0.39, 0.29) is 11.9 Å². The van der Waals surface area contributed by atoms with Gasteiger partial charge in [-0.2, -0.15) is 5.10 Å². The van der Waals surface area contributed by atoms with Gasteiger partial charge in [-0.1, -0.05) is 30.3 Å².